The predicted octanol–water partition coefficient (Wildman–Crippen LogP) is -0.805. The molecule has 0 aliphatic heterocycles. The largest absolute Gasteiger partial charge is 0.475 e. The van der Waals surface area contributed by atoms with E-state index in [9.17, 15) is 14.4 Å². The number of carboxylic acid groups (broad SMARTS) is 1. The molecule has 15 heavy (non-hydrogen) atoms. The summed E-state index contributed by atoms with van der Waals surface area (Å²) in [5.74, 6) is -1.88. The lowest BCUT2D eigenvalue weighted by molar-refractivity contribution is 0.0679. The number of hydrogen-bond acceptors (Lipinski definition) is 4. The average molecular weight is 231 g/mol. The third kappa shape index (κ3) is 1.97. The van der Waals surface area contributed by atoms with E-state index >= 15 is 0 Å². The Hall–Kier alpha value is -1.49. The molecule has 1 aromatic heterocycles. The molecule has 7 nitrogen and oxygen atoms in total. The van der Waals surface area contributed by atoms with E-state index in [1.807, 2.05) is 0 Å². The van der Waals surface area contributed by atoms with Crippen LogP contribution in [0.1, 0.15) is 17.5 Å². The van der Waals surface area contributed by atoms with Crippen LogP contribution in [0.25, 0.3) is 0 Å². The second-order valence-electron chi connectivity index (χ2n) is 2.61. The minimum absolute atomic E-state index is 0.0826. The summed E-state index contributed by atoms with van der Waals surface area (Å²) in [7, 11) is -0.0826. The third-order valence-corrected chi connectivity index (χ3v) is 2.65. The highest BCUT2D eigenvalue weighted by Crippen LogP contribution is 2.05. The SMILES string of the molecule is CCn1c(=O)nc(C(=O)O)n(PC)c1=O. The first-order valence-corrected chi connectivity index (χ1v) is 5.62. The van der Waals surface area contributed by atoms with Gasteiger partial charge in [-0.15, -0.1) is 0 Å². The molecule has 1 aromatic rings. The fraction of sp³-hybridized carbons (Fsp3) is 0.429. The summed E-state index contributed by atoms with van der Waals surface area (Å²) >= 11 is 0. The van der Waals surface area contributed by atoms with Crippen molar-refractivity contribution < 1.29 is 9.90 Å². The topological polar surface area (TPSA) is 94.2 Å². The summed E-state index contributed by atoms with van der Waals surface area (Å²) in [6, 6.07) is 0. The van der Waals surface area contributed by atoms with Crippen molar-refractivity contribution in [2.75, 3.05) is 6.66 Å². The first-order chi connectivity index (χ1) is 7.02. The molecule has 0 saturated heterocycles. The van der Waals surface area contributed by atoms with Crippen LogP contribution in [-0.2, 0) is 6.54 Å². The van der Waals surface area contributed by atoms with E-state index < -0.39 is 23.2 Å². The lowest BCUT2D eigenvalue weighted by Crippen LogP contribution is -2.41. The van der Waals surface area contributed by atoms with Crippen molar-refractivity contribution in [3.05, 3.63) is 26.8 Å². The summed E-state index contributed by atoms with van der Waals surface area (Å²) in [6.45, 7) is 3.43. The molecule has 0 spiro atoms. The minimum Gasteiger partial charge on any atom is -0.475 e. The van der Waals surface area contributed by atoms with Crippen LogP contribution in [0.2, 0.25) is 0 Å². The van der Waals surface area contributed by atoms with Gasteiger partial charge in [-0.3, -0.25) is 4.34 Å². The third-order valence-electron chi connectivity index (χ3n) is 1.80. The summed E-state index contributed by atoms with van der Waals surface area (Å²) in [6.07, 6.45) is 0. The van der Waals surface area contributed by atoms with E-state index in [-0.39, 0.29) is 15.3 Å². The van der Waals surface area contributed by atoms with Gasteiger partial charge in [0.25, 0.3) is 0 Å². The maximum absolute atomic E-state index is 11.6. The zero-order chi connectivity index (χ0) is 11.6. The van der Waals surface area contributed by atoms with Crippen LogP contribution in [0.3, 0.4) is 0 Å². The summed E-state index contributed by atoms with van der Waals surface area (Å²) in [5.41, 5.74) is -1.45. The van der Waals surface area contributed by atoms with Gasteiger partial charge in [0.05, 0.1) is 0 Å². The number of rotatable bonds is 3. The summed E-state index contributed by atoms with van der Waals surface area (Å²) in [5, 5.41) is 8.74. The van der Waals surface area contributed by atoms with E-state index in [4.69, 9.17) is 5.11 Å². The maximum Gasteiger partial charge on any atom is 0.372 e. The molecule has 0 aromatic carbocycles. The van der Waals surface area contributed by atoms with Gasteiger partial charge in [0, 0.05) is 6.54 Å². The Morgan fingerprint density at radius 2 is 2.13 bits per heavy atom. The van der Waals surface area contributed by atoms with Crippen LogP contribution in [0.5, 0.6) is 0 Å². The van der Waals surface area contributed by atoms with Crippen molar-refractivity contribution in [3.63, 3.8) is 0 Å². The van der Waals surface area contributed by atoms with Crippen LogP contribution in [-0.4, -0.2) is 31.6 Å². The molecular formula is C7H10N3O4P. The number of carbonyl (C=O) groups is 1. The van der Waals surface area contributed by atoms with Crippen molar-refractivity contribution in [3.8, 4) is 0 Å². The second-order valence-corrected chi connectivity index (χ2v) is 3.50. The molecule has 1 unspecified atom stereocenters. The highest BCUT2D eigenvalue weighted by molar-refractivity contribution is 7.35. The lowest BCUT2D eigenvalue weighted by Gasteiger charge is -2.07. The van der Waals surface area contributed by atoms with Crippen LogP contribution in [0.15, 0.2) is 9.59 Å². The number of nitrogens with zero attached hydrogens (tertiary/aromatic N) is 3. The van der Waals surface area contributed by atoms with E-state index in [0.29, 0.717) is 0 Å². The van der Waals surface area contributed by atoms with Crippen LogP contribution in [0.4, 0.5) is 0 Å². The monoisotopic (exact) mass is 231 g/mol. The number of carboxylic acids is 1. The maximum atomic E-state index is 11.6. The molecule has 0 amide bonds. The van der Waals surface area contributed by atoms with Crippen molar-refractivity contribution in [1.29, 1.82) is 0 Å². The molecule has 0 aliphatic rings. The number of aromatic nitrogens is 3. The van der Waals surface area contributed by atoms with E-state index in [1.165, 1.54) is 0 Å². The Labute approximate surface area is 86.2 Å². The quantitative estimate of drug-likeness (QED) is 0.687. The first-order valence-electron chi connectivity index (χ1n) is 4.17. The standard InChI is InChI=1S/C7H10N3O4P/c1-3-9-6(13)8-4(5(11)12)10(15-2)7(9)14/h15H,3H2,1-2H3,(H,11,12). The molecular weight excluding hydrogens is 221 g/mol. The molecule has 0 bridgehead atoms. The van der Waals surface area contributed by atoms with Crippen molar-refractivity contribution in [2.45, 2.75) is 13.5 Å². The fourth-order valence-corrected chi connectivity index (χ4v) is 1.78. The molecule has 1 N–H and O–H groups in total. The molecule has 1 heterocycles. The Balaban J connectivity index is 3.67. The van der Waals surface area contributed by atoms with Gasteiger partial charge in [0.1, 0.15) is 0 Å². The molecule has 0 saturated carbocycles. The summed E-state index contributed by atoms with van der Waals surface area (Å²) < 4.78 is 1.87. The van der Waals surface area contributed by atoms with Crippen molar-refractivity contribution in [2.24, 2.45) is 0 Å². The Kier molecular flexibility index (Phi) is 3.36. The summed E-state index contributed by atoms with van der Waals surface area (Å²) in [4.78, 5) is 36.9. The van der Waals surface area contributed by atoms with Gasteiger partial charge in [-0.05, 0) is 22.3 Å². The average Bonchev–Trinajstić information content (AvgIpc) is 2.17. The molecule has 1 atom stereocenters. The van der Waals surface area contributed by atoms with Gasteiger partial charge in [0.15, 0.2) is 0 Å². The number of hydrogen-bond donors (Lipinski definition) is 1. The highest BCUT2D eigenvalue weighted by Gasteiger charge is 2.16. The van der Waals surface area contributed by atoms with Gasteiger partial charge in [-0.25, -0.2) is 19.0 Å². The zero-order valence-corrected chi connectivity index (χ0v) is 9.22. The molecule has 0 aliphatic carbocycles. The Bertz CT molecular complexity index is 504. The van der Waals surface area contributed by atoms with Gasteiger partial charge in [-0.1, -0.05) is 0 Å². The predicted molar refractivity (Wildman–Crippen MR) is 55.0 cm³/mol. The molecule has 0 fully saturated rings. The van der Waals surface area contributed by atoms with E-state index in [1.54, 1.807) is 13.6 Å². The van der Waals surface area contributed by atoms with Crippen LogP contribution < -0.4 is 11.4 Å². The molecule has 8 heteroatoms. The van der Waals surface area contributed by atoms with Crippen LogP contribution in [0, 0.1) is 0 Å². The van der Waals surface area contributed by atoms with Gasteiger partial charge in [-0.2, -0.15) is 4.98 Å². The second kappa shape index (κ2) is 4.35. The fourth-order valence-electron chi connectivity index (χ4n) is 1.11. The Morgan fingerprint density at radius 1 is 1.53 bits per heavy atom. The normalized spacial score (nSPS) is 11.1. The van der Waals surface area contributed by atoms with Gasteiger partial charge < -0.3 is 5.11 Å². The zero-order valence-electron chi connectivity index (χ0n) is 8.22. The van der Waals surface area contributed by atoms with E-state index in [2.05, 4.69) is 4.98 Å². The smallest absolute Gasteiger partial charge is 0.372 e. The van der Waals surface area contributed by atoms with Gasteiger partial charge >= 0.3 is 17.3 Å². The van der Waals surface area contributed by atoms with Crippen LogP contribution >= 0.6 is 8.73 Å². The van der Waals surface area contributed by atoms with Crippen molar-refractivity contribution >= 4 is 14.7 Å². The lowest BCUT2D eigenvalue weighted by atomic mass is 10.6. The van der Waals surface area contributed by atoms with Crippen molar-refractivity contribution in [1.82, 2.24) is 13.9 Å². The number of aromatic carboxylic acids is 1. The Morgan fingerprint density at radius 3 is 2.53 bits per heavy atom. The highest BCUT2D eigenvalue weighted by atomic mass is 31.1. The molecule has 1 rings (SSSR count). The first kappa shape index (κ1) is 11.6. The minimum atomic E-state index is -1.37. The van der Waals surface area contributed by atoms with E-state index in [0.717, 1.165) is 8.90 Å². The molecule has 82 valence electrons. The molecule has 0 radical (unpaired) electrons. The van der Waals surface area contributed by atoms with Gasteiger partial charge in [0.2, 0.25) is 5.82 Å².